The predicted octanol–water partition coefficient (Wildman–Crippen LogP) is 3.32. The highest BCUT2D eigenvalue weighted by atomic mass is 16.6. The van der Waals surface area contributed by atoms with Gasteiger partial charge in [-0.15, -0.1) is 0 Å². The van der Waals surface area contributed by atoms with Crippen molar-refractivity contribution in [1.82, 2.24) is 0 Å². The van der Waals surface area contributed by atoms with Crippen LogP contribution in [0.5, 0.6) is 0 Å². The minimum atomic E-state index is -0.315. The molecule has 0 aliphatic heterocycles. The topological polar surface area (TPSA) is 26.3 Å². The van der Waals surface area contributed by atoms with E-state index in [9.17, 15) is 4.79 Å². The Bertz CT molecular complexity index is 345. The van der Waals surface area contributed by atoms with E-state index in [1.807, 2.05) is 0 Å². The Balaban J connectivity index is 2.32. The summed E-state index contributed by atoms with van der Waals surface area (Å²) in [4.78, 5) is 11.5. The molecule has 0 saturated heterocycles. The second-order valence-corrected chi connectivity index (χ2v) is 6.35. The quantitative estimate of drug-likeness (QED) is 0.529. The van der Waals surface area contributed by atoms with Gasteiger partial charge in [-0.25, -0.2) is 4.79 Å². The number of fused-ring (bicyclic) bond motifs is 2. The molecule has 0 spiro atoms. The molecule has 0 aromatic heterocycles. The van der Waals surface area contributed by atoms with Gasteiger partial charge in [0.1, 0.15) is 5.60 Å². The summed E-state index contributed by atoms with van der Waals surface area (Å²) in [7, 11) is 0. The highest BCUT2D eigenvalue weighted by Crippen LogP contribution is 2.70. The molecule has 16 heavy (non-hydrogen) atoms. The molecule has 0 heterocycles. The molecule has 2 saturated carbocycles. The smallest absolute Gasteiger partial charge is 0.330 e. The monoisotopic (exact) mass is 222 g/mol. The molecule has 2 bridgehead atoms. The van der Waals surface area contributed by atoms with Gasteiger partial charge in [0.2, 0.25) is 0 Å². The van der Waals surface area contributed by atoms with Crippen molar-refractivity contribution >= 4 is 5.97 Å². The molecule has 2 nitrogen and oxygen atoms in total. The van der Waals surface area contributed by atoms with Crippen molar-refractivity contribution < 1.29 is 9.53 Å². The number of carbonyl (C=O) groups is 1. The van der Waals surface area contributed by atoms with Crippen molar-refractivity contribution in [2.45, 2.75) is 52.6 Å². The van der Waals surface area contributed by atoms with Crippen LogP contribution in [0, 0.1) is 16.7 Å². The van der Waals surface area contributed by atoms with E-state index in [2.05, 4.69) is 34.3 Å². The van der Waals surface area contributed by atoms with Crippen LogP contribution in [-0.4, -0.2) is 11.6 Å². The lowest BCUT2D eigenvalue weighted by atomic mass is 9.65. The first-order valence-corrected chi connectivity index (χ1v) is 6.12. The molecule has 2 aliphatic carbocycles. The van der Waals surface area contributed by atoms with Crippen LogP contribution in [0.4, 0.5) is 0 Å². The molecule has 2 heteroatoms. The summed E-state index contributed by atoms with van der Waals surface area (Å²) in [5.41, 5.74) is 0.0528. The summed E-state index contributed by atoms with van der Waals surface area (Å²) in [6, 6.07) is 0. The number of carbonyl (C=O) groups excluding carboxylic acids is 1. The van der Waals surface area contributed by atoms with Crippen LogP contribution in [0.25, 0.3) is 0 Å². The van der Waals surface area contributed by atoms with Gasteiger partial charge in [-0.3, -0.25) is 0 Å². The first-order chi connectivity index (χ1) is 7.27. The maximum absolute atomic E-state index is 11.5. The lowest BCUT2D eigenvalue weighted by Gasteiger charge is -2.45. The average molecular weight is 222 g/mol. The minimum Gasteiger partial charge on any atom is -0.456 e. The summed E-state index contributed by atoms with van der Waals surface area (Å²) >= 11 is 0. The number of esters is 1. The van der Waals surface area contributed by atoms with Gasteiger partial charge in [0.05, 0.1) is 0 Å². The van der Waals surface area contributed by atoms with E-state index in [-0.39, 0.29) is 22.4 Å². The maximum atomic E-state index is 11.5. The predicted molar refractivity (Wildman–Crippen MR) is 63.9 cm³/mol. The fourth-order valence-electron chi connectivity index (χ4n) is 4.01. The van der Waals surface area contributed by atoms with Crippen LogP contribution in [0.1, 0.15) is 47.0 Å². The fraction of sp³-hybridized carbons (Fsp3) is 0.786. The van der Waals surface area contributed by atoms with E-state index in [1.54, 1.807) is 0 Å². The molecule has 0 aromatic rings. The van der Waals surface area contributed by atoms with E-state index in [0.717, 1.165) is 12.8 Å². The zero-order chi connectivity index (χ0) is 12.2. The number of ether oxygens (including phenoxy) is 1. The first kappa shape index (κ1) is 11.7. The van der Waals surface area contributed by atoms with Crippen LogP contribution in [-0.2, 0) is 9.53 Å². The molecule has 3 atom stereocenters. The molecule has 0 aromatic carbocycles. The van der Waals surface area contributed by atoms with E-state index in [4.69, 9.17) is 4.74 Å². The zero-order valence-corrected chi connectivity index (χ0v) is 10.8. The molecule has 2 fully saturated rings. The molecule has 1 unspecified atom stereocenters. The van der Waals surface area contributed by atoms with Gasteiger partial charge in [-0.2, -0.15) is 0 Å². The van der Waals surface area contributed by atoms with Crippen molar-refractivity contribution in [1.29, 1.82) is 0 Å². The van der Waals surface area contributed by atoms with Crippen molar-refractivity contribution in [3.05, 3.63) is 12.7 Å². The van der Waals surface area contributed by atoms with Crippen LogP contribution in [0.15, 0.2) is 12.7 Å². The number of hydrogen-bond donors (Lipinski definition) is 0. The molecule has 2 aliphatic rings. The third-order valence-electron chi connectivity index (χ3n) is 5.73. The van der Waals surface area contributed by atoms with E-state index >= 15 is 0 Å². The van der Waals surface area contributed by atoms with Gasteiger partial charge in [-0.05, 0) is 37.5 Å². The highest BCUT2D eigenvalue weighted by Gasteiger charge is 2.68. The second kappa shape index (κ2) is 3.12. The van der Waals surface area contributed by atoms with E-state index < -0.39 is 0 Å². The van der Waals surface area contributed by atoms with Gasteiger partial charge in [0.15, 0.2) is 0 Å². The third kappa shape index (κ3) is 1.16. The van der Waals surface area contributed by atoms with Gasteiger partial charge < -0.3 is 4.74 Å². The Morgan fingerprint density at radius 2 is 2.00 bits per heavy atom. The largest absolute Gasteiger partial charge is 0.456 e. The van der Waals surface area contributed by atoms with Crippen LogP contribution in [0.2, 0.25) is 0 Å². The Hall–Kier alpha value is -0.790. The van der Waals surface area contributed by atoms with E-state index in [0.29, 0.717) is 5.92 Å². The number of hydrogen-bond acceptors (Lipinski definition) is 2. The standard InChI is InChI=1S/C14H22O2/c1-6-11(15)16-14(5)9-10-7-8-13(14,4)12(10,2)3/h6,10H,1,7-9H2,2-5H3/t10-,13+,14?/m1/s1. The average Bonchev–Trinajstić information content (AvgIpc) is 2.49. The molecular weight excluding hydrogens is 200 g/mol. The van der Waals surface area contributed by atoms with Crippen molar-refractivity contribution in [2.24, 2.45) is 16.7 Å². The Morgan fingerprint density at radius 1 is 1.38 bits per heavy atom. The van der Waals surface area contributed by atoms with Gasteiger partial charge in [0, 0.05) is 11.5 Å². The Kier molecular flexibility index (Phi) is 2.28. The van der Waals surface area contributed by atoms with Crippen LogP contribution < -0.4 is 0 Å². The first-order valence-electron chi connectivity index (χ1n) is 6.12. The van der Waals surface area contributed by atoms with Gasteiger partial charge in [0.25, 0.3) is 0 Å². The Morgan fingerprint density at radius 3 is 2.38 bits per heavy atom. The van der Waals surface area contributed by atoms with Crippen LogP contribution >= 0.6 is 0 Å². The third-order valence-corrected chi connectivity index (χ3v) is 5.73. The maximum Gasteiger partial charge on any atom is 0.330 e. The van der Waals surface area contributed by atoms with Gasteiger partial charge >= 0.3 is 5.97 Å². The highest BCUT2D eigenvalue weighted by molar-refractivity contribution is 5.81. The summed E-state index contributed by atoms with van der Waals surface area (Å²) in [6.07, 6.45) is 4.69. The molecule has 2 rings (SSSR count). The molecule has 0 radical (unpaired) electrons. The second-order valence-electron chi connectivity index (χ2n) is 6.35. The number of rotatable bonds is 2. The molecule has 0 amide bonds. The Labute approximate surface area is 98.1 Å². The van der Waals surface area contributed by atoms with Gasteiger partial charge in [-0.1, -0.05) is 27.4 Å². The molecule has 90 valence electrons. The van der Waals surface area contributed by atoms with Crippen molar-refractivity contribution in [3.63, 3.8) is 0 Å². The van der Waals surface area contributed by atoms with Crippen molar-refractivity contribution in [3.8, 4) is 0 Å². The van der Waals surface area contributed by atoms with Crippen LogP contribution in [0.3, 0.4) is 0 Å². The lowest BCUT2D eigenvalue weighted by molar-refractivity contribution is -0.169. The summed E-state index contributed by atoms with van der Waals surface area (Å²) < 4.78 is 5.66. The normalized spacial score (nSPS) is 44.4. The van der Waals surface area contributed by atoms with Crippen molar-refractivity contribution in [2.75, 3.05) is 0 Å². The van der Waals surface area contributed by atoms with E-state index in [1.165, 1.54) is 12.5 Å². The minimum absolute atomic E-state index is 0.101. The fourth-order valence-corrected chi connectivity index (χ4v) is 4.01. The lowest BCUT2D eigenvalue weighted by Crippen LogP contribution is -2.47. The SMILES string of the molecule is C=CC(=O)OC1(C)C[C@H]2CC[C@@]1(C)C2(C)C. The molecular formula is C14H22O2. The summed E-state index contributed by atoms with van der Waals surface area (Å²) in [6.45, 7) is 12.5. The summed E-state index contributed by atoms with van der Waals surface area (Å²) in [5, 5.41) is 0. The molecule has 0 N–H and O–H groups in total. The zero-order valence-electron chi connectivity index (χ0n) is 10.8. The summed E-state index contributed by atoms with van der Waals surface area (Å²) in [5.74, 6) is 0.396.